The molecule has 0 bridgehead atoms. The average molecular weight is 280 g/mol. The molecule has 8 heteroatoms. The second kappa shape index (κ2) is 6.37. The Morgan fingerprint density at radius 1 is 1.22 bits per heavy atom. The standard InChI is InChI=1S/C10H16O7S/c1-4(11)15-3-6-9(16-5(2)12)7(13)8(14)10(18)17-6/h6-10,13-14,18H,3H2,1-2H3/t6-,7-,8-,9-,10+/m1/s1. The van der Waals surface area contributed by atoms with Gasteiger partial charge in [-0.1, -0.05) is 0 Å². The third-order valence-electron chi connectivity index (χ3n) is 2.41. The fraction of sp³-hybridized carbons (Fsp3) is 0.800. The number of hydrogen-bond acceptors (Lipinski definition) is 8. The minimum absolute atomic E-state index is 0.200. The van der Waals surface area contributed by atoms with Gasteiger partial charge < -0.3 is 24.4 Å². The summed E-state index contributed by atoms with van der Waals surface area (Å²) in [4.78, 5) is 21.7. The van der Waals surface area contributed by atoms with Crippen LogP contribution in [0.15, 0.2) is 0 Å². The first kappa shape index (κ1) is 15.2. The largest absolute Gasteiger partial charge is 0.463 e. The van der Waals surface area contributed by atoms with Gasteiger partial charge in [0.15, 0.2) is 6.10 Å². The summed E-state index contributed by atoms with van der Waals surface area (Å²) in [6, 6.07) is 0. The van der Waals surface area contributed by atoms with Crippen LogP contribution in [-0.4, -0.2) is 58.6 Å². The molecule has 7 nitrogen and oxygen atoms in total. The van der Waals surface area contributed by atoms with E-state index in [9.17, 15) is 19.8 Å². The van der Waals surface area contributed by atoms with Gasteiger partial charge in [-0.05, 0) is 0 Å². The van der Waals surface area contributed by atoms with Crippen molar-refractivity contribution in [2.75, 3.05) is 6.61 Å². The zero-order chi connectivity index (χ0) is 13.9. The summed E-state index contributed by atoms with van der Waals surface area (Å²) in [5.41, 5.74) is -0.952. The van der Waals surface area contributed by atoms with Gasteiger partial charge in [-0.15, -0.1) is 12.6 Å². The van der Waals surface area contributed by atoms with E-state index >= 15 is 0 Å². The zero-order valence-electron chi connectivity index (χ0n) is 9.98. The lowest BCUT2D eigenvalue weighted by molar-refractivity contribution is -0.222. The van der Waals surface area contributed by atoms with Crippen LogP contribution in [-0.2, 0) is 23.8 Å². The Morgan fingerprint density at radius 3 is 2.33 bits per heavy atom. The molecule has 0 amide bonds. The van der Waals surface area contributed by atoms with E-state index in [0.29, 0.717) is 0 Å². The first-order chi connectivity index (χ1) is 8.32. The van der Waals surface area contributed by atoms with E-state index in [1.54, 1.807) is 0 Å². The topological polar surface area (TPSA) is 102 Å². The molecule has 1 aliphatic heterocycles. The van der Waals surface area contributed by atoms with Crippen LogP contribution in [0.3, 0.4) is 0 Å². The van der Waals surface area contributed by atoms with Gasteiger partial charge in [-0.25, -0.2) is 0 Å². The molecule has 0 aromatic rings. The van der Waals surface area contributed by atoms with Crippen molar-refractivity contribution >= 4 is 24.6 Å². The van der Waals surface area contributed by atoms with Gasteiger partial charge in [0, 0.05) is 13.8 Å². The van der Waals surface area contributed by atoms with Crippen molar-refractivity contribution in [3.05, 3.63) is 0 Å². The highest BCUT2D eigenvalue weighted by Crippen LogP contribution is 2.25. The molecule has 0 saturated carbocycles. The Labute approximate surface area is 109 Å². The van der Waals surface area contributed by atoms with E-state index in [2.05, 4.69) is 12.6 Å². The molecule has 18 heavy (non-hydrogen) atoms. The molecule has 1 rings (SSSR count). The number of esters is 2. The lowest BCUT2D eigenvalue weighted by atomic mass is 10.00. The van der Waals surface area contributed by atoms with Crippen molar-refractivity contribution in [2.24, 2.45) is 0 Å². The van der Waals surface area contributed by atoms with E-state index in [1.807, 2.05) is 0 Å². The summed E-state index contributed by atoms with van der Waals surface area (Å²) in [6.45, 7) is 2.18. The number of aliphatic hydroxyl groups excluding tert-OH is 2. The van der Waals surface area contributed by atoms with Crippen LogP contribution in [0.1, 0.15) is 13.8 Å². The lowest BCUT2D eigenvalue weighted by Gasteiger charge is -2.40. The molecule has 5 atom stereocenters. The monoisotopic (exact) mass is 280 g/mol. The molecule has 1 heterocycles. The number of thiol groups is 1. The Hall–Kier alpha value is -0.830. The molecule has 1 fully saturated rings. The molecular formula is C10H16O7S. The highest BCUT2D eigenvalue weighted by molar-refractivity contribution is 7.80. The molecule has 0 spiro atoms. The Kier molecular flexibility index (Phi) is 5.39. The number of carbonyl (C=O) groups is 2. The number of ether oxygens (including phenoxy) is 3. The molecule has 1 saturated heterocycles. The second-order valence-corrected chi connectivity index (χ2v) is 4.43. The van der Waals surface area contributed by atoms with Crippen molar-refractivity contribution in [3.63, 3.8) is 0 Å². The van der Waals surface area contributed by atoms with E-state index < -0.39 is 41.8 Å². The summed E-state index contributed by atoms with van der Waals surface area (Å²) >= 11 is 3.94. The highest BCUT2D eigenvalue weighted by atomic mass is 32.1. The van der Waals surface area contributed by atoms with Gasteiger partial charge in [-0.3, -0.25) is 9.59 Å². The van der Waals surface area contributed by atoms with Gasteiger partial charge in [0.1, 0.15) is 30.4 Å². The average Bonchev–Trinajstić information content (AvgIpc) is 2.27. The maximum Gasteiger partial charge on any atom is 0.303 e. The molecule has 1 aliphatic rings. The second-order valence-electron chi connectivity index (χ2n) is 3.92. The van der Waals surface area contributed by atoms with E-state index in [0.717, 1.165) is 6.92 Å². The zero-order valence-corrected chi connectivity index (χ0v) is 10.9. The van der Waals surface area contributed by atoms with Crippen LogP contribution in [0.4, 0.5) is 0 Å². The third-order valence-corrected chi connectivity index (χ3v) is 2.84. The predicted octanol–water partition coefficient (Wildman–Crippen LogP) is -1.14. The smallest absolute Gasteiger partial charge is 0.303 e. The lowest BCUT2D eigenvalue weighted by Crippen LogP contribution is -2.58. The maximum atomic E-state index is 10.9. The minimum atomic E-state index is -1.36. The summed E-state index contributed by atoms with van der Waals surface area (Å²) < 4.78 is 14.8. The summed E-state index contributed by atoms with van der Waals surface area (Å²) in [5, 5.41) is 19.4. The number of aliphatic hydroxyl groups is 2. The van der Waals surface area contributed by atoms with Gasteiger partial charge in [0.2, 0.25) is 0 Å². The van der Waals surface area contributed by atoms with Crippen molar-refractivity contribution in [2.45, 2.75) is 43.7 Å². The van der Waals surface area contributed by atoms with Crippen LogP contribution in [0.2, 0.25) is 0 Å². The number of carbonyl (C=O) groups excluding carboxylic acids is 2. The van der Waals surface area contributed by atoms with Crippen LogP contribution in [0.25, 0.3) is 0 Å². The van der Waals surface area contributed by atoms with E-state index in [1.165, 1.54) is 6.92 Å². The molecule has 0 radical (unpaired) electrons. The molecule has 0 unspecified atom stereocenters. The van der Waals surface area contributed by atoms with E-state index in [4.69, 9.17) is 14.2 Å². The Balaban J connectivity index is 2.75. The van der Waals surface area contributed by atoms with Crippen LogP contribution in [0, 0.1) is 0 Å². The fourth-order valence-electron chi connectivity index (χ4n) is 1.59. The van der Waals surface area contributed by atoms with Crippen molar-refractivity contribution in [1.82, 2.24) is 0 Å². The van der Waals surface area contributed by atoms with Gasteiger partial charge in [-0.2, -0.15) is 0 Å². The SMILES string of the molecule is CC(=O)OC[C@H]1O[C@@H](S)[C@H](O)[C@@H](O)[C@@H]1OC(C)=O. The Morgan fingerprint density at radius 2 is 1.83 bits per heavy atom. The van der Waals surface area contributed by atoms with Gasteiger partial charge in [0.25, 0.3) is 0 Å². The molecule has 104 valence electrons. The van der Waals surface area contributed by atoms with Crippen molar-refractivity contribution in [1.29, 1.82) is 0 Å². The van der Waals surface area contributed by atoms with Crippen LogP contribution >= 0.6 is 12.6 Å². The minimum Gasteiger partial charge on any atom is -0.463 e. The van der Waals surface area contributed by atoms with Crippen molar-refractivity contribution < 1.29 is 34.0 Å². The predicted molar refractivity (Wildman–Crippen MR) is 61.8 cm³/mol. The van der Waals surface area contributed by atoms with Crippen molar-refractivity contribution in [3.8, 4) is 0 Å². The fourth-order valence-corrected chi connectivity index (χ4v) is 1.92. The summed E-state index contributed by atoms with van der Waals surface area (Å²) in [6.07, 6.45) is -4.64. The van der Waals surface area contributed by atoms with E-state index in [-0.39, 0.29) is 6.61 Å². The first-order valence-corrected chi connectivity index (χ1v) is 5.84. The molecule has 2 N–H and O–H groups in total. The summed E-state index contributed by atoms with van der Waals surface area (Å²) in [7, 11) is 0. The maximum absolute atomic E-state index is 10.9. The number of rotatable bonds is 3. The highest BCUT2D eigenvalue weighted by Gasteiger charge is 2.45. The van der Waals surface area contributed by atoms with Crippen LogP contribution < -0.4 is 0 Å². The molecule has 0 aromatic heterocycles. The molecular weight excluding hydrogens is 264 g/mol. The number of hydrogen-bond donors (Lipinski definition) is 3. The molecule has 0 aromatic carbocycles. The van der Waals surface area contributed by atoms with Crippen LogP contribution in [0.5, 0.6) is 0 Å². The van der Waals surface area contributed by atoms with Gasteiger partial charge >= 0.3 is 11.9 Å². The normalized spacial score (nSPS) is 35.9. The van der Waals surface area contributed by atoms with Gasteiger partial charge in [0.05, 0.1) is 0 Å². The Bertz CT molecular complexity index is 321. The third kappa shape index (κ3) is 3.84. The summed E-state index contributed by atoms with van der Waals surface area (Å²) in [5.74, 6) is -1.17. The quantitative estimate of drug-likeness (QED) is 0.443. The first-order valence-electron chi connectivity index (χ1n) is 5.33. The molecule has 0 aliphatic carbocycles.